The monoisotopic (exact) mass is 263 g/mol. The summed E-state index contributed by atoms with van der Waals surface area (Å²) in [7, 11) is 0. The SMILES string of the molecule is CC1c2ccsc2CCN1CCC1CCCC1=O. The molecule has 2 heterocycles. The van der Waals surface area contributed by atoms with Crippen molar-refractivity contribution in [1.82, 2.24) is 4.90 Å². The second kappa shape index (κ2) is 5.14. The Morgan fingerprint density at radius 3 is 3.11 bits per heavy atom. The number of ketones is 1. The van der Waals surface area contributed by atoms with E-state index in [0.717, 1.165) is 38.8 Å². The highest BCUT2D eigenvalue weighted by Crippen LogP contribution is 2.33. The van der Waals surface area contributed by atoms with Crippen molar-refractivity contribution in [2.24, 2.45) is 5.92 Å². The third-order valence-electron chi connectivity index (χ3n) is 4.60. The van der Waals surface area contributed by atoms with Gasteiger partial charge in [0, 0.05) is 29.8 Å². The number of hydrogen-bond acceptors (Lipinski definition) is 3. The Labute approximate surface area is 113 Å². The lowest BCUT2D eigenvalue weighted by Gasteiger charge is -2.34. The Morgan fingerprint density at radius 1 is 1.44 bits per heavy atom. The van der Waals surface area contributed by atoms with E-state index in [4.69, 9.17) is 0 Å². The molecule has 98 valence electrons. The number of rotatable bonds is 3. The first-order valence-electron chi connectivity index (χ1n) is 7.08. The molecule has 1 aliphatic heterocycles. The lowest BCUT2D eigenvalue weighted by Crippen LogP contribution is -2.35. The van der Waals surface area contributed by atoms with Crippen LogP contribution in [0.1, 0.15) is 49.1 Å². The highest BCUT2D eigenvalue weighted by Gasteiger charge is 2.28. The Bertz CT molecular complexity index is 439. The second-order valence-corrected chi connectivity index (χ2v) is 6.61. The van der Waals surface area contributed by atoms with E-state index < -0.39 is 0 Å². The van der Waals surface area contributed by atoms with Crippen molar-refractivity contribution in [3.05, 3.63) is 21.9 Å². The number of thiophene rings is 1. The average Bonchev–Trinajstić information content (AvgIpc) is 2.98. The van der Waals surface area contributed by atoms with E-state index in [1.807, 2.05) is 11.3 Å². The first-order valence-corrected chi connectivity index (χ1v) is 7.96. The zero-order valence-electron chi connectivity index (χ0n) is 11.0. The van der Waals surface area contributed by atoms with Crippen molar-refractivity contribution in [2.45, 2.75) is 45.1 Å². The van der Waals surface area contributed by atoms with E-state index in [1.165, 1.54) is 12.0 Å². The van der Waals surface area contributed by atoms with Crippen LogP contribution in [-0.4, -0.2) is 23.8 Å². The van der Waals surface area contributed by atoms with Gasteiger partial charge in [-0.15, -0.1) is 11.3 Å². The topological polar surface area (TPSA) is 20.3 Å². The summed E-state index contributed by atoms with van der Waals surface area (Å²) in [6.45, 7) is 4.56. The van der Waals surface area contributed by atoms with Crippen LogP contribution < -0.4 is 0 Å². The summed E-state index contributed by atoms with van der Waals surface area (Å²) >= 11 is 1.89. The molecule has 1 saturated carbocycles. The molecule has 3 heteroatoms. The fraction of sp³-hybridized carbons (Fsp3) is 0.667. The number of Topliss-reactive ketones (excluding diaryl/α,β-unsaturated/α-hetero) is 1. The number of carbonyl (C=O) groups is 1. The maximum absolute atomic E-state index is 11.7. The molecule has 1 aliphatic carbocycles. The minimum atomic E-state index is 0.362. The highest BCUT2D eigenvalue weighted by molar-refractivity contribution is 7.10. The van der Waals surface area contributed by atoms with E-state index in [0.29, 0.717) is 17.7 Å². The molecule has 1 aromatic rings. The van der Waals surface area contributed by atoms with Crippen molar-refractivity contribution >= 4 is 17.1 Å². The summed E-state index contributed by atoms with van der Waals surface area (Å²) < 4.78 is 0. The van der Waals surface area contributed by atoms with Gasteiger partial charge in [-0.3, -0.25) is 9.69 Å². The molecule has 0 aromatic carbocycles. The Balaban J connectivity index is 1.59. The molecule has 0 spiro atoms. The third-order valence-corrected chi connectivity index (χ3v) is 5.60. The summed E-state index contributed by atoms with van der Waals surface area (Å²) in [5, 5.41) is 2.21. The van der Waals surface area contributed by atoms with E-state index in [9.17, 15) is 4.79 Å². The predicted molar refractivity (Wildman–Crippen MR) is 75.0 cm³/mol. The summed E-state index contributed by atoms with van der Waals surface area (Å²) in [6.07, 6.45) is 5.34. The number of nitrogens with zero attached hydrogens (tertiary/aromatic N) is 1. The van der Waals surface area contributed by atoms with Gasteiger partial charge >= 0.3 is 0 Å². The maximum Gasteiger partial charge on any atom is 0.136 e. The molecule has 2 aliphatic rings. The van der Waals surface area contributed by atoms with Crippen molar-refractivity contribution in [3.8, 4) is 0 Å². The van der Waals surface area contributed by atoms with Crippen LogP contribution in [0.15, 0.2) is 11.4 Å². The van der Waals surface area contributed by atoms with E-state index in [-0.39, 0.29) is 0 Å². The molecule has 2 unspecified atom stereocenters. The Kier molecular flexibility index (Phi) is 3.53. The van der Waals surface area contributed by atoms with Crippen LogP contribution in [0.3, 0.4) is 0 Å². The van der Waals surface area contributed by atoms with Crippen LogP contribution in [0.4, 0.5) is 0 Å². The summed E-state index contributed by atoms with van der Waals surface area (Å²) in [5.74, 6) is 0.872. The van der Waals surface area contributed by atoms with Crippen LogP contribution in [0.5, 0.6) is 0 Å². The molecule has 0 bridgehead atoms. The second-order valence-electron chi connectivity index (χ2n) is 5.61. The first kappa shape index (κ1) is 12.4. The van der Waals surface area contributed by atoms with E-state index in [2.05, 4.69) is 23.3 Å². The predicted octanol–water partition coefficient (Wildman–Crippen LogP) is 3.43. The average molecular weight is 263 g/mol. The molecular weight excluding hydrogens is 242 g/mol. The van der Waals surface area contributed by atoms with Crippen LogP contribution in [0.2, 0.25) is 0 Å². The summed E-state index contributed by atoms with van der Waals surface area (Å²) in [6, 6.07) is 2.81. The lowest BCUT2D eigenvalue weighted by molar-refractivity contribution is -0.120. The molecule has 0 N–H and O–H groups in total. The van der Waals surface area contributed by atoms with Crippen LogP contribution in [0.25, 0.3) is 0 Å². The smallest absolute Gasteiger partial charge is 0.136 e. The fourth-order valence-corrected chi connectivity index (χ4v) is 4.34. The quantitative estimate of drug-likeness (QED) is 0.832. The summed E-state index contributed by atoms with van der Waals surface area (Å²) in [4.78, 5) is 15.8. The molecule has 1 aromatic heterocycles. The largest absolute Gasteiger partial charge is 0.299 e. The zero-order chi connectivity index (χ0) is 12.5. The highest BCUT2D eigenvalue weighted by atomic mass is 32.1. The van der Waals surface area contributed by atoms with Gasteiger partial charge in [-0.2, -0.15) is 0 Å². The molecule has 2 atom stereocenters. The number of fused-ring (bicyclic) bond motifs is 1. The normalized spacial score (nSPS) is 28.6. The minimum absolute atomic E-state index is 0.362. The molecule has 0 saturated heterocycles. The molecular formula is C15H21NOS. The standard InChI is InChI=1S/C15H21NOS/c1-11-13-7-10-18-15(13)6-9-16(11)8-5-12-3-2-4-14(12)17/h7,10-12H,2-6,8-9H2,1H3. The van der Waals surface area contributed by atoms with Crippen molar-refractivity contribution in [1.29, 1.82) is 0 Å². The maximum atomic E-state index is 11.7. The minimum Gasteiger partial charge on any atom is -0.299 e. The van der Waals surface area contributed by atoms with E-state index >= 15 is 0 Å². The Hall–Kier alpha value is -0.670. The van der Waals surface area contributed by atoms with Gasteiger partial charge in [-0.1, -0.05) is 0 Å². The number of hydrogen-bond donors (Lipinski definition) is 0. The van der Waals surface area contributed by atoms with Crippen LogP contribution in [0, 0.1) is 5.92 Å². The Morgan fingerprint density at radius 2 is 2.33 bits per heavy atom. The molecule has 2 nitrogen and oxygen atoms in total. The van der Waals surface area contributed by atoms with Gasteiger partial charge in [-0.25, -0.2) is 0 Å². The zero-order valence-corrected chi connectivity index (χ0v) is 11.8. The van der Waals surface area contributed by atoms with Gasteiger partial charge in [0.25, 0.3) is 0 Å². The van der Waals surface area contributed by atoms with Gasteiger partial charge in [-0.05, 0) is 56.2 Å². The van der Waals surface area contributed by atoms with Crippen LogP contribution in [-0.2, 0) is 11.2 Å². The molecule has 18 heavy (non-hydrogen) atoms. The van der Waals surface area contributed by atoms with Crippen molar-refractivity contribution in [3.63, 3.8) is 0 Å². The molecule has 0 radical (unpaired) electrons. The van der Waals surface area contributed by atoms with Crippen molar-refractivity contribution < 1.29 is 4.79 Å². The molecule has 0 amide bonds. The van der Waals surface area contributed by atoms with Crippen LogP contribution >= 0.6 is 11.3 Å². The lowest BCUT2D eigenvalue weighted by atomic mass is 9.98. The van der Waals surface area contributed by atoms with Gasteiger partial charge in [0.1, 0.15) is 5.78 Å². The fourth-order valence-electron chi connectivity index (χ4n) is 3.38. The number of carbonyl (C=O) groups excluding carboxylic acids is 1. The third kappa shape index (κ3) is 2.26. The summed E-state index contributed by atoms with van der Waals surface area (Å²) in [5.41, 5.74) is 1.52. The van der Waals surface area contributed by atoms with E-state index in [1.54, 1.807) is 4.88 Å². The van der Waals surface area contributed by atoms with Gasteiger partial charge in [0.15, 0.2) is 0 Å². The van der Waals surface area contributed by atoms with Crippen molar-refractivity contribution in [2.75, 3.05) is 13.1 Å². The molecule has 1 fully saturated rings. The molecule has 3 rings (SSSR count). The van der Waals surface area contributed by atoms with Gasteiger partial charge < -0.3 is 0 Å². The van der Waals surface area contributed by atoms with Gasteiger partial charge in [0.05, 0.1) is 0 Å². The first-order chi connectivity index (χ1) is 8.75. The van der Waals surface area contributed by atoms with Gasteiger partial charge in [0.2, 0.25) is 0 Å².